The minimum absolute atomic E-state index is 0.910. The van der Waals surface area contributed by atoms with Gasteiger partial charge in [-0.25, -0.2) is 0 Å². The molecule has 0 aliphatic rings. The quantitative estimate of drug-likeness (QED) is 0.409. The minimum atomic E-state index is 0.910. The zero-order valence-electron chi connectivity index (χ0n) is 10.8. The summed E-state index contributed by atoms with van der Waals surface area (Å²) in [6.07, 6.45) is 13.2. The van der Waals surface area contributed by atoms with Crippen molar-refractivity contribution in [3.05, 3.63) is 6.61 Å². The van der Waals surface area contributed by atoms with Gasteiger partial charge in [0, 0.05) is 6.61 Å². The average Bonchev–Trinajstić information content (AvgIpc) is 2.26. The van der Waals surface area contributed by atoms with E-state index in [4.69, 9.17) is 4.74 Å². The van der Waals surface area contributed by atoms with Gasteiger partial charge in [-0.15, -0.1) is 0 Å². The maximum absolute atomic E-state index is 5.39. The lowest BCUT2D eigenvalue weighted by atomic mass is 10.1. The van der Waals surface area contributed by atoms with Crippen LogP contribution in [0.4, 0.5) is 0 Å². The molecule has 0 spiro atoms. The smallest absolute Gasteiger partial charge is 0.0836 e. The van der Waals surface area contributed by atoms with Crippen molar-refractivity contribution in [2.24, 2.45) is 0 Å². The Morgan fingerprint density at radius 3 is 2.00 bits per heavy atom. The average molecular weight is 213 g/mol. The molecule has 0 amide bonds. The van der Waals surface area contributed by atoms with Crippen LogP contribution in [0.2, 0.25) is 0 Å². The molecule has 0 N–H and O–H groups in total. The Morgan fingerprint density at radius 1 is 0.733 bits per heavy atom. The van der Waals surface area contributed by atoms with E-state index >= 15 is 0 Å². The van der Waals surface area contributed by atoms with Gasteiger partial charge in [0.25, 0.3) is 0 Å². The third-order valence-electron chi connectivity index (χ3n) is 2.66. The maximum Gasteiger partial charge on any atom is 0.0836 e. The molecule has 0 aromatic carbocycles. The van der Waals surface area contributed by atoms with Gasteiger partial charge >= 0.3 is 0 Å². The van der Waals surface area contributed by atoms with Gasteiger partial charge in [-0.05, 0) is 12.8 Å². The Labute approximate surface area is 96.6 Å². The number of hydrogen-bond acceptors (Lipinski definition) is 1. The van der Waals surface area contributed by atoms with Crippen LogP contribution < -0.4 is 0 Å². The van der Waals surface area contributed by atoms with Crippen molar-refractivity contribution in [3.63, 3.8) is 0 Å². The van der Waals surface area contributed by atoms with E-state index in [0.29, 0.717) is 0 Å². The molecule has 91 valence electrons. The highest BCUT2D eigenvalue weighted by Gasteiger charge is 1.92. The fourth-order valence-corrected chi connectivity index (χ4v) is 1.58. The van der Waals surface area contributed by atoms with Crippen molar-refractivity contribution in [3.8, 4) is 0 Å². The molecule has 0 aliphatic heterocycles. The third kappa shape index (κ3) is 14.0. The SMILES string of the molecule is CCCCCCCCC[CH]OCCCC. The first-order valence-corrected chi connectivity index (χ1v) is 6.85. The second kappa shape index (κ2) is 14.0. The topological polar surface area (TPSA) is 9.23 Å². The highest BCUT2D eigenvalue weighted by atomic mass is 16.5. The lowest BCUT2D eigenvalue weighted by Gasteiger charge is -2.02. The van der Waals surface area contributed by atoms with Gasteiger partial charge in [-0.1, -0.05) is 65.2 Å². The largest absolute Gasteiger partial charge is 0.376 e. The summed E-state index contributed by atoms with van der Waals surface area (Å²) < 4.78 is 5.39. The molecule has 0 bridgehead atoms. The molecule has 0 fully saturated rings. The predicted molar refractivity (Wildman–Crippen MR) is 67.8 cm³/mol. The number of ether oxygens (including phenoxy) is 1. The second-order valence-corrected chi connectivity index (χ2v) is 4.30. The van der Waals surface area contributed by atoms with Gasteiger partial charge in [-0.3, -0.25) is 0 Å². The molecule has 0 aromatic heterocycles. The first-order valence-electron chi connectivity index (χ1n) is 6.85. The van der Waals surface area contributed by atoms with Gasteiger partial charge in [-0.2, -0.15) is 0 Å². The summed E-state index contributed by atoms with van der Waals surface area (Å²) in [5.74, 6) is 0. The highest BCUT2D eigenvalue weighted by Crippen LogP contribution is 2.09. The first-order chi connectivity index (χ1) is 7.41. The van der Waals surface area contributed by atoms with Crippen LogP contribution in [0.15, 0.2) is 0 Å². The van der Waals surface area contributed by atoms with E-state index in [1.807, 2.05) is 6.61 Å². The van der Waals surface area contributed by atoms with Crippen LogP contribution in [0, 0.1) is 6.61 Å². The Balaban J connectivity index is 2.81. The Kier molecular flexibility index (Phi) is 13.9. The van der Waals surface area contributed by atoms with Crippen LogP contribution in [0.1, 0.15) is 78.1 Å². The zero-order chi connectivity index (χ0) is 11.2. The summed E-state index contributed by atoms with van der Waals surface area (Å²) in [4.78, 5) is 0. The van der Waals surface area contributed by atoms with Gasteiger partial charge in [0.1, 0.15) is 0 Å². The molecule has 1 heteroatoms. The number of hydrogen-bond donors (Lipinski definition) is 0. The molecule has 0 rings (SSSR count). The van der Waals surface area contributed by atoms with Crippen LogP contribution >= 0.6 is 0 Å². The monoisotopic (exact) mass is 213 g/mol. The summed E-state index contributed by atoms with van der Waals surface area (Å²) in [6, 6.07) is 0. The van der Waals surface area contributed by atoms with Crippen LogP contribution in [-0.2, 0) is 4.74 Å². The summed E-state index contributed by atoms with van der Waals surface area (Å²) in [5.41, 5.74) is 0. The summed E-state index contributed by atoms with van der Waals surface area (Å²) in [7, 11) is 0. The maximum atomic E-state index is 5.39. The van der Waals surface area contributed by atoms with Crippen molar-refractivity contribution >= 4 is 0 Å². The van der Waals surface area contributed by atoms with Crippen molar-refractivity contribution in [2.45, 2.75) is 78.1 Å². The molecule has 1 radical (unpaired) electrons. The molecule has 0 heterocycles. The second-order valence-electron chi connectivity index (χ2n) is 4.30. The van der Waals surface area contributed by atoms with Crippen molar-refractivity contribution in [1.82, 2.24) is 0 Å². The molecule has 15 heavy (non-hydrogen) atoms. The molecule has 0 aliphatic carbocycles. The van der Waals surface area contributed by atoms with E-state index in [9.17, 15) is 0 Å². The zero-order valence-corrected chi connectivity index (χ0v) is 10.8. The van der Waals surface area contributed by atoms with Crippen molar-refractivity contribution < 1.29 is 4.74 Å². The van der Waals surface area contributed by atoms with E-state index in [1.165, 1.54) is 57.8 Å². The van der Waals surface area contributed by atoms with E-state index in [1.54, 1.807) is 0 Å². The standard InChI is InChI=1S/C14H29O/c1-3-5-7-8-9-10-11-12-14-15-13-6-4-2/h14H,3-13H2,1-2H3. The van der Waals surface area contributed by atoms with Gasteiger partial charge in [0.2, 0.25) is 0 Å². The van der Waals surface area contributed by atoms with Gasteiger partial charge in [0.15, 0.2) is 0 Å². The molecular formula is C14H29O. The summed E-state index contributed by atoms with van der Waals surface area (Å²) >= 11 is 0. The Bertz CT molecular complexity index is 89.5. The lowest BCUT2D eigenvalue weighted by molar-refractivity contribution is 0.185. The van der Waals surface area contributed by atoms with Crippen LogP contribution in [0.25, 0.3) is 0 Å². The molecule has 0 saturated carbocycles. The fraction of sp³-hybridized carbons (Fsp3) is 0.929. The van der Waals surface area contributed by atoms with Crippen molar-refractivity contribution in [2.75, 3.05) is 6.61 Å². The fourth-order valence-electron chi connectivity index (χ4n) is 1.58. The number of rotatable bonds is 12. The highest BCUT2D eigenvalue weighted by molar-refractivity contribution is 4.52. The van der Waals surface area contributed by atoms with Gasteiger partial charge in [0.05, 0.1) is 6.61 Å². The van der Waals surface area contributed by atoms with Crippen molar-refractivity contribution in [1.29, 1.82) is 0 Å². The Morgan fingerprint density at radius 2 is 1.33 bits per heavy atom. The molecule has 0 saturated heterocycles. The van der Waals surface area contributed by atoms with E-state index < -0.39 is 0 Å². The summed E-state index contributed by atoms with van der Waals surface area (Å²) in [6.45, 7) is 7.37. The van der Waals surface area contributed by atoms with Gasteiger partial charge < -0.3 is 4.74 Å². The minimum Gasteiger partial charge on any atom is -0.376 e. The first kappa shape index (κ1) is 15.0. The molecule has 1 nitrogen and oxygen atoms in total. The molecule has 0 atom stereocenters. The van der Waals surface area contributed by atoms with E-state index in [2.05, 4.69) is 13.8 Å². The predicted octanol–water partition coefficient (Wildman–Crippen LogP) is 5.11. The van der Waals surface area contributed by atoms with E-state index in [0.717, 1.165) is 13.0 Å². The Hall–Kier alpha value is -0.0400. The van der Waals surface area contributed by atoms with Crippen LogP contribution in [0.3, 0.4) is 0 Å². The lowest BCUT2D eigenvalue weighted by Crippen LogP contribution is -1.91. The molecule has 0 unspecified atom stereocenters. The summed E-state index contributed by atoms with van der Waals surface area (Å²) in [5, 5.41) is 0. The molecule has 0 aromatic rings. The normalized spacial score (nSPS) is 10.8. The van der Waals surface area contributed by atoms with E-state index in [-0.39, 0.29) is 0 Å². The number of unbranched alkanes of at least 4 members (excludes halogenated alkanes) is 8. The molecular weight excluding hydrogens is 184 g/mol. The van der Waals surface area contributed by atoms with Crippen LogP contribution in [0.5, 0.6) is 0 Å². The third-order valence-corrected chi connectivity index (χ3v) is 2.66. The van der Waals surface area contributed by atoms with Crippen LogP contribution in [-0.4, -0.2) is 6.61 Å².